The van der Waals surface area contributed by atoms with Crippen LogP contribution in [0, 0.1) is 0 Å². The Balaban J connectivity index is 0.974. The smallest absolute Gasteiger partial charge is 0.0831 e. The molecule has 0 bridgehead atoms. The van der Waals surface area contributed by atoms with Gasteiger partial charge in [-0.05, 0) is 129 Å². The van der Waals surface area contributed by atoms with Crippen LogP contribution in [0.3, 0.4) is 0 Å². The number of nitrogens with zero attached hydrogens (tertiary/aromatic N) is 5. The molecule has 7 aromatic carbocycles. The Hall–Kier alpha value is -8.80. The van der Waals surface area contributed by atoms with Gasteiger partial charge in [0, 0.05) is 46.1 Å². The van der Waals surface area contributed by atoms with Gasteiger partial charge in [-0.1, -0.05) is 170 Å². The van der Waals surface area contributed by atoms with Gasteiger partial charge in [-0.2, -0.15) is 5.10 Å². The molecule has 5 heterocycles. The lowest BCUT2D eigenvalue weighted by molar-refractivity contribution is 0.931. The zero-order valence-electron chi connectivity index (χ0n) is 38.1. The van der Waals surface area contributed by atoms with Crippen molar-refractivity contribution in [2.24, 2.45) is 0 Å². The second-order valence-corrected chi connectivity index (χ2v) is 17.7. The van der Waals surface area contributed by atoms with Crippen LogP contribution in [0.5, 0.6) is 0 Å². The number of benzene rings is 7. The molecular formula is C64H47N5. The average molecular weight is 886 g/mol. The fourth-order valence-electron chi connectivity index (χ4n) is 10.1. The van der Waals surface area contributed by atoms with Gasteiger partial charge in [-0.25, -0.2) is 4.52 Å². The first-order valence-corrected chi connectivity index (χ1v) is 23.8. The molecule has 0 N–H and O–H groups in total. The number of hydrogen-bond acceptors (Lipinski definition) is 4. The maximum absolute atomic E-state index is 5.12. The van der Waals surface area contributed by atoms with E-state index in [4.69, 9.17) is 10.1 Å². The lowest BCUT2D eigenvalue weighted by Crippen LogP contribution is -2.00. The van der Waals surface area contributed by atoms with E-state index in [0.29, 0.717) is 0 Å². The first-order chi connectivity index (χ1) is 34.2. The molecule has 5 heteroatoms. The molecule has 0 fully saturated rings. The Kier molecular flexibility index (Phi) is 11.1. The third-order valence-corrected chi connectivity index (χ3v) is 13.5. The minimum Gasteiger partial charge on any atom is -0.256 e. The number of aryl methyl sites for hydroxylation is 4. The minimum absolute atomic E-state index is 0.915. The van der Waals surface area contributed by atoms with Gasteiger partial charge in [0.15, 0.2) is 0 Å². The summed E-state index contributed by atoms with van der Waals surface area (Å²) < 4.78 is 2.14. The van der Waals surface area contributed by atoms with Gasteiger partial charge >= 0.3 is 0 Å². The summed E-state index contributed by atoms with van der Waals surface area (Å²) in [5.74, 6) is 0. The van der Waals surface area contributed by atoms with E-state index in [1.807, 2.05) is 49.1 Å². The van der Waals surface area contributed by atoms with Crippen molar-refractivity contribution < 1.29 is 0 Å². The third kappa shape index (κ3) is 8.25. The van der Waals surface area contributed by atoms with E-state index in [0.717, 1.165) is 103 Å². The molecule has 12 rings (SSSR count). The topological polar surface area (TPSA) is 56.0 Å². The van der Waals surface area contributed by atoms with Gasteiger partial charge in [-0.15, -0.1) is 0 Å². The van der Waals surface area contributed by atoms with Gasteiger partial charge in [-0.3, -0.25) is 15.0 Å². The molecule has 0 unspecified atom stereocenters. The summed E-state index contributed by atoms with van der Waals surface area (Å²) in [5.41, 5.74) is 21.8. The molecule has 0 aliphatic heterocycles. The van der Waals surface area contributed by atoms with Gasteiger partial charge < -0.3 is 0 Å². The normalized spacial score (nSPS) is 11.4. The van der Waals surface area contributed by atoms with E-state index < -0.39 is 0 Å². The highest BCUT2D eigenvalue weighted by Crippen LogP contribution is 2.45. The summed E-state index contributed by atoms with van der Waals surface area (Å²) in [5, 5.41) is 7.23. The molecule has 0 aliphatic rings. The minimum atomic E-state index is 0.915. The maximum atomic E-state index is 5.12. The monoisotopic (exact) mass is 885 g/mol. The predicted octanol–water partition coefficient (Wildman–Crippen LogP) is 15.4. The fourth-order valence-corrected chi connectivity index (χ4v) is 10.1. The summed E-state index contributed by atoms with van der Waals surface area (Å²) in [6.07, 6.45) is 11.3. The van der Waals surface area contributed by atoms with E-state index in [2.05, 4.69) is 203 Å². The van der Waals surface area contributed by atoms with Crippen LogP contribution in [0.25, 0.3) is 94.3 Å². The van der Waals surface area contributed by atoms with Crippen LogP contribution < -0.4 is 0 Å². The Morgan fingerprint density at radius 2 is 0.899 bits per heavy atom. The summed E-state index contributed by atoms with van der Waals surface area (Å²) >= 11 is 0. The Morgan fingerprint density at radius 1 is 0.333 bits per heavy atom. The van der Waals surface area contributed by atoms with Crippen molar-refractivity contribution in [2.75, 3.05) is 0 Å². The quantitative estimate of drug-likeness (QED) is 0.115. The highest BCUT2D eigenvalue weighted by atomic mass is 15.2. The van der Waals surface area contributed by atoms with Gasteiger partial charge in [0.1, 0.15) is 0 Å². The molecule has 0 saturated heterocycles. The van der Waals surface area contributed by atoms with Gasteiger partial charge in [0.25, 0.3) is 0 Å². The van der Waals surface area contributed by atoms with E-state index in [9.17, 15) is 0 Å². The van der Waals surface area contributed by atoms with E-state index in [-0.39, 0.29) is 0 Å². The van der Waals surface area contributed by atoms with Crippen molar-refractivity contribution in [1.29, 1.82) is 0 Å². The van der Waals surface area contributed by atoms with E-state index >= 15 is 0 Å². The zero-order valence-corrected chi connectivity index (χ0v) is 38.1. The Bertz CT molecular complexity index is 3630. The molecule has 5 nitrogen and oxygen atoms in total. The molecule has 0 aliphatic carbocycles. The van der Waals surface area contributed by atoms with E-state index in [1.165, 1.54) is 38.9 Å². The van der Waals surface area contributed by atoms with Crippen LogP contribution in [0.4, 0.5) is 0 Å². The summed E-state index contributed by atoms with van der Waals surface area (Å²) in [7, 11) is 0. The molecule has 0 saturated carbocycles. The maximum Gasteiger partial charge on any atom is 0.0831 e. The highest BCUT2D eigenvalue weighted by molar-refractivity contribution is 6.19. The average Bonchev–Trinajstić information content (AvgIpc) is 3.93. The predicted molar refractivity (Wildman–Crippen MR) is 284 cm³/mol. The second kappa shape index (κ2) is 18.5. The van der Waals surface area contributed by atoms with Crippen LogP contribution in [0.15, 0.2) is 237 Å². The van der Waals surface area contributed by atoms with Crippen molar-refractivity contribution in [1.82, 2.24) is 24.6 Å². The summed E-state index contributed by atoms with van der Waals surface area (Å²) in [6, 6.07) is 76.3. The largest absolute Gasteiger partial charge is 0.256 e. The number of fused-ring (bicyclic) bond motifs is 6. The van der Waals surface area contributed by atoms with Crippen molar-refractivity contribution in [3.05, 3.63) is 259 Å². The van der Waals surface area contributed by atoms with Crippen molar-refractivity contribution in [2.45, 2.75) is 25.7 Å². The van der Waals surface area contributed by atoms with Crippen molar-refractivity contribution in [3.63, 3.8) is 0 Å². The molecule has 0 amide bonds. The molecule has 69 heavy (non-hydrogen) atoms. The molecule has 12 aromatic rings. The summed E-state index contributed by atoms with van der Waals surface area (Å²) in [4.78, 5) is 14.3. The van der Waals surface area contributed by atoms with Crippen LogP contribution in [-0.2, 0) is 25.7 Å². The fraction of sp³-hybridized carbons (Fsp3) is 0.0625. The number of pyridine rings is 4. The van der Waals surface area contributed by atoms with Gasteiger partial charge in [0.2, 0.25) is 0 Å². The molecule has 0 radical (unpaired) electrons. The van der Waals surface area contributed by atoms with Crippen molar-refractivity contribution in [3.8, 4) is 67.0 Å². The van der Waals surface area contributed by atoms with Gasteiger partial charge in [0.05, 0.1) is 34.1 Å². The molecule has 0 spiro atoms. The van der Waals surface area contributed by atoms with E-state index in [1.54, 1.807) is 0 Å². The standard InChI is InChI=1S/C64H47N5/c1-3-13-48(14-4-1)54-35-39-67-63-57-34-33-56(61(51-15-5-2-6-16-51)64(57)69-60(62(54)63)36-40-68-69)55-18-8-7-17-53(55)52-42-46(23-21-44-25-29-49(30-26-44)58-19-9-11-37-65-58)41-47(43-52)24-22-45-27-31-50(32-28-45)59-20-10-12-38-66-59/h1-20,25-43H,21-24H2. The van der Waals surface area contributed by atoms with Crippen molar-refractivity contribution >= 4 is 27.3 Å². The summed E-state index contributed by atoms with van der Waals surface area (Å²) in [6.45, 7) is 0. The van der Waals surface area contributed by atoms with Crippen LogP contribution in [-0.4, -0.2) is 24.6 Å². The Morgan fingerprint density at radius 3 is 1.51 bits per heavy atom. The second-order valence-electron chi connectivity index (χ2n) is 17.7. The van der Waals surface area contributed by atoms with Crippen LogP contribution >= 0.6 is 0 Å². The van der Waals surface area contributed by atoms with Crippen LogP contribution in [0.2, 0.25) is 0 Å². The lowest BCUT2D eigenvalue weighted by atomic mass is 9.86. The van der Waals surface area contributed by atoms with Crippen LogP contribution in [0.1, 0.15) is 22.3 Å². The first kappa shape index (κ1) is 41.6. The Labute approximate surface area is 402 Å². The number of rotatable bonds is 12. The molecule has 5 aromatic heterocycles. The lowest BCUT2D eigenvalue weighted by Gasteiger charge is -2.20. The third-order valence-electron chi connectivity index (χ3n) is 13.5. The highest BCUT2D eigenvalue weighted by Gasteiger charge is 2.22. The first-order valence-electron chi connectivity index (χ1n) is 23.8. The SMILES string of the molecule is c1ccc(-c2ccnc3c4ccc(-c5ccccc5-c5cc(CCc6ccc(-c7ccccn7)cc6)cc(CCc6ccc(-c7ccccn7)cc6)c5)c(-c5ccccc5)c4n4nccc4c23)cc1. The molecule has 328 valence electrons. The number of aromatic nitrogens is 5. The molecule has 0 atom stereocenters. The molecular weight excluding hydrogens is 839 g/mol. The zero-order chi connectivity index (χ0) is 45.9. The number of hydrogen-bond donors (Lipinski definition) is 0.